The maximum atomic E-state index is 11.0. The second-order valence-electron chi connectivity index (χ2n) is 5.98. The minimum Gasteiger partial charge on any atom is -0.258 e. The van der Waals surface area contributed by atoms with Crippen LogP contribution in [0.4, 0.5) is 5.69 Å². The highest BCUT2D eigenvalue weighted by Crippen LogP contribution is 2.42. The van der Waals surface area contributed by atoms with Crippen LogP contribution in [0.1, 0.15) is 44.6 Å². The number of nitriles is 1. The number of nitro benzene ring substituents is 1. The standard InChI is InChI=1S/C16H20N2O2/c1-13-5-4-9-16(11-13,12-17)10-8-14-6-2-3-7-15(14)18(19)20/h2-3,6-7,13H,4-5,8-11H2,1H3. The molecular formula is C16H20N2O2. The van der Waals surface area contributed by atoms with Gasteiger partial charge in [0.15, 0.2) is 0 Å². The van der Waals surface area contributed by atoms with Gasteiger partial charge in [-0.15, -0.1) is 0 Å². The molecule has 4 heteroatoms. The first-order valence-corrected chi connectivity index (χ1v) is 7.20. The summed E-state index contributed by atoms with van der Waals surface area (Å²) < 4.78 is 0. The van der Waals surface area contributed by atoms with E-state index in [0.29, 0.717) is 12.3 Å². The summed E-state index contributed by atoms with van der Waals surface area (Å²) in [7, 11) is 0. The van der Waals surface area contributed by atoms with Crippen LogP contribution in [-0.4, -0.2) is 4.92 Å². The number of nitro groups is 1. The van der Waals surface area contributed by atoms with E-state index in [4.69, 9.17) is 0 Å². The van der Waals surface area contributed by atoms with Gasteiger partial charge in [0.05, 0.1) is 16.4 Å². The van der Waals surface area contributed by atoms with E-state index in [1.165, 1.54) is 12.5 Å². The van der Waals surface area contributed by atoms with E-state index in [2.05, 4.69) is 13.0 Å². The van der Waals surface area contributed by atoms with Crippen molar-refractivity contribution in [1.29, 1.82) is 5.26 Å². The van der Waals surface area contributed by atoms with Gasteiger partial charge in [0, 0.05) is 11.6 Å². The van der Waals surface area contributed by atoms with E-state index in [1.54, 1.807) is 12.1 Å². The summed E-state index contributed by atoms with van der Waals surface area (Å²) in [6.45, 7) is 2.19. The Morgan fingerprint density at radius 3 is 2.90 bits per heavy atom. The van der Waals surface area contributed by atoms with Crippen LogP contribution < -0.4 is 0 Å². The fourth-order valence-electron chi connectivity index (χ4n) is 3.32. The lowest BCUT2D eigenvalue weighted by Gasteiger charge is -2.34. The van der Waals surface area contributed by atoms with Crippen molar-refractivity contribution in [2.45, 2.75) is 45.4 Å². The Bertz CT molecular complexity index is 536. The third-order valence-corrected chi connectivity index (χ3v) is 4.39. The van der Waals surface area contributed by atoms with Crippen molar-refractivity contribution in [3.63, 3.8) is 0 Å². The van der Waals surface area contributed by atoms with Gasteiger partial charge in [0.2, 0.25) is 0 Å². The predicted octanol–water partition coefficient (Wildman–Crippen LogP) is 4.25. The molecule has 1 aliphatic carbocycles. The maximum Gasteiger partial charge on any atom is 0.272 e. The van der Waals surface area contributed by atoms with Crippen LogP contribution in [0, 0.1) is 32.8 Å². The molecule has 2 unspecified atom stereocenters. The zero-order chi connectivity index (χ0) is 14.6. The molecule has 0 N–H and O–H groups in total. The highest BCUT2D eigenvalue weighted by Gasteiger charge is 2.35. The second-order valence-corrected chi connectivity index (χ2v) is 5.98. The molecular weight excluding hydrogens is 252 g/mol. The highest BCUT2D eigenvalue weighted by molar-refractivity contribution is 5.40. The molecule has 1 fully saturated rings. The highest BCUT2D eigenvalue weighted by atomic mass is 16.6. The van der Waals surface area contributed by atoms with E-state index < -0.39 is 0 Å². The van der Waals surface area contributed by atoms with Gasteiger partial charge < -0.3 is 0 Å². The maximum absolute atomic E-state index is 11.0. The number of hydrogen-bond donors (Lipinski definition) is 0. The van der Waals surface area contributed by atoms with Crippen LogP contribution >= 0.6 is 0 Å². The summed E-state index contributed by atoms with van der Waals surface area (Å²) in [5.74, 6) is 0.578. The Hall–Kier alpha value is -1.89. The van der Waals surface area contributed by atoms with Gasteiger partial charge in [0.1, 0.15) is 0 Å². The van der Waals surface area contributed by atoms with Crippen molar-refractivity contribution in [3.8, 4) is 6.07 Å². The Kier molecular flexibility index (Phi) is 4.39. The van der Waals surface area contributed by atoms with Crippen LogP contribution in [-0.2, 0) is 6.42 Å². The fraction of sp³-hybridized carbons (Fsp3) is 0.562. The molecule has 2 rings (SSSR count). The smallest absolute Gasteiger partial charge is 0.258 e. The van der Waals surface area contributed by atoms with E-state index in [1.807, 2.05) is 6.07 Å². The number of aryl methyl sites for hydroxylation is 1. The largest absolute Gasteiger partial charge is 0.272 e. The molecule has 1 aromatic carbocycles. The molecule has 0 radical (unpaired) electrons. The Morgan fingerprint density at radius 1 is 1.50 bits per heavy atom. The molecule has 0 bridgehead atoms. The number of rotatable bonds is 4. The van der Waals surface area contributed by atoms with Crippen molar-refractivity contribution in [2.24, 2.45) is 11.3 Å². The minimum atomic E-state index is -0.335. The fourth-order valence-corrected chi connectivity index (χ4v) is 3.32. The number of para-hydroxylation sites is 1. The predicted molar refractivity (Wildman–Crippen MR) is 77.1 cm³/mol. The van der Waals surface area contributed by atoms with Crippen LogP contribution in [0.3, 0.4) is 0 Å². The first-order chi connectivity index (χ1) is 9.56. The van der Waals surface area contributed by atoms with Crippen LogP contribution in [0.25, 0.3) is 0 Å². The summed E-state index contributed by atoms with van der Waals surface area (Å²) in [6, 6.07) is 9.35. The van der Waals surface area contributed by atoms with E-state index in [9.17, 15) is 15.4 Å². The van der Waals surface area contributed by atoms with Crippen molar-refractivity contribution >= 4 is 5.69 Å². The lowest BCUT2D eigenvalue weighted by Crippen LogP contribution is -2.27. The molecule has 2 atom stereocenters. The third-order valence-electron chi connectivity index (χ3n) is 4.39. The van der Waals surface area contributed by atoms with Crippen molar-refractivity contribution < 1.29 is 4.92 Å². The monoisotopic (exact) mass is 272 g/mol. The zero-order valence-electron chi connectivity index (χ0n) is 11.8. The lowest BCUT2D eigenvalue weighted by molar-refractivity contribution is -0.385. The van der Waals surface area contributed by atoms with Crippen molar-refractivity contribution in [3.05, 3.63) is 39.9 Å². The Balaban J connectivity index is 2.11. The minimum absolute atomic E-state index is 0.171. The van der Waals surface area contributed by atoms with E-state index >= 15 is 0 Å². The zero-order valence-corrected chi connectivity index (χ0v) is 11.8. The summed E-state index contributed by atoms with van der Waals surface area (Å²) in [4.78, 5) is 10.7. The molecule has 0 heterocycles. The van der Waals surface area contributed by atoms with Gasteiger partial charge in [0.25, 0.3) is 5.69 Å². The average Bonchev–Trinajstić information content (AvgIpc) is 2.45. The molecule has 0 aliphatic heterocycles. The van der Waals surface area contributed by atoms with Gasteiger partial charge >= 0.3 is 0 Å². The molecule has 1 aromatic rings. The van der Waals surface area contributed by atoms with E-state index in [-0.39, 0.29) is 16.0 Å². The summed E-state index contributed by atoms with van der Waals surface area (Å²) in [5, 5.41) is 20.5. The third kappa shape index (κ3) is 3.16. The number of benzene rings is 1. The Labute approximate surface area is 119 Å². The van der Waals surface area contributed by atoms with Crippen LogP contribution in [0.15, 0.2) is 24.3 Å². The summed E-state index contributed by atoms with van der Waals surface area (Å²) in [6.07, 6.45) is 5.45. The first kappa shape index (κ1) is 14.5. The number of nitrogens with zero attached hydrogens (tertiary/aromatic N) is 2. The van der Waals surface area contributed by atoms with Crippen LogP contribution in [0.2, 0.25) is 0 Å². The molecule has 0 spiro atoms. The van der Waals surface area contributed by atoms with Gasteiger partial charge in [-0.25, -0.2) is 0 Å². The second kappa shape index (κ2) is 6.04. The van der Waals surface area contributed by atoms with Crippen LogP contribution in [0.5, 0.6) is 0 Å². The van der Waals surface area contributed by atoms with Gasteiger partial charge in [-0.3, -0.25) is 10.1 Å². The number of hydrogen-bond acceptors (Lipinski definition) is 3. The molecule has 0 amide bonds. The first-order valence-electron chi connectivity index (χ1n) is 7.20. The van der Waals surface area contributed by atoms with Crippen molar-refractivity contribution in [2.75, 3.05) is 0 Å². The van der Waals surface area contributed by atoms with Gasteiger partial charge in [-0.2, -0.15) is 5.26 Å². The summed E-state index contributed by atoms with van der Waals surface area (Å²) in [5.41, 5.74) is 0.622. The molecule has 0 saturated heterocycles. The topological polar surface area (TPSA) is 66.9 Å². The molecule has 1 aliphatic rings. The summed E-state index contributed by atoms with van der Waals surface area (Å²) >= 11 is 0. The van der Waals surface area contributed by atoms with Gasteiger partial charge in [-0.1, -0.05) is 38.0 Å². The average molecular weight is 272 g/mol. The quantitative estimate of drug-likeness (QED) is 0.608. The normalized spacial score (nSPS) is 25.9. The molecule has 1 saturated carbocycles. The molecule has 106 valence electrons. The van der Waals surface area contributed by atoms with Gasteiger partial charge in [-0.05, 0) is 31.6 Å². The van der Waals surface area contributed by atoms with Crippen molar-refractivity contribution in [1.82, 2.24) is 0 Å². The Morgan fingerprint density at radius 2 is 2.25 bits per heavy atom. The lowest BCUT2D eigenvalue weighted by atomic mass is 9.68. The van der Waals surface area contributed by atoms with E-state index in [0.717, 1.165) is 31.2 Å². The molecule has 20 heavy (non-hydrogen) atoms. The molecule has 4 nitrogen and oxygen atoms in total. The molecule has 0 aromatic heterocycles. The SMILES string of the molecule is CC1CCCC(C#N)(CCc2ccccc2[N+](=O)[O-])C1.